The van der Waals surface area contributed by atoms with Crippen LogP contribution in [0.5, 0.6) is 5.75 Å². The van der Waals surface area contributed by atoms with Crippen LogP contribution in [0.4, 0.5) is 0 Å². The molecule has 2 aromatic heterocycles. The Morgan fingerprint density at radius 3 is 2.79 bits per heavy atom. The summed E-state index contributed by atoms with van der Waals surface area (Å²) in [5.74, 6) is 0.115. The summed E-state index contributed by atoms with van der Waals surface area (Å²) in [7, 11) is 2.10. The lowest BCUT2D eigenvalue weighted by atomic mass is 9.80. The van der Waals surface area contributed by atoms with Crippen LogP contribution >= 0.6 is 0 Å². The summed E-state index contributed by atoms with van der Waals surface area (Å²) < 4.78 is 0. The zero-order chi connectivity index (χ0) is 26.8. The van der Waals surface area contributed by atoms with E-state index >= 15 is 0 Å². The molecule has 4 aromatic rings. The van der Waals surface area contributed by atoms with Crippen molar-refractivity contribution in [1.82, 2.24) is 20.2 Å². The number of hydrogen-bond donors (Lipinski definition) is 6. The number of nitrogens with zero attached hydrogens (tertiary/aromatic N) is 1. The van der Waals surface area contributed by atoms with Crippen molar-refractivity contribution in [2.45, 2.75) is 38.3 Å². The molecule has 2 aliphatic rings. The summed E-state index contributed by atoms with van der Waals surface area (Å²) in [5.41, 5.74) is 12.7. The molecule has 0 saturated heterocycles. The van der Waals surface area contributed by atoms with Gasteiger partial charge in [0.2, 0.25) is 5.91 Å². The molecule has 1 aliphatic carbocycles. The number of aromatic hydroxyl groups is 1. The number of aromatic nitrogens is 2. The van der Waals surface area contributed by atoms with Gasteiger partial charge in [0, 0.05) is 46.8 Å². The Kier molecular flexibility index (Phi) is 7.56. The van der Waals surface area contributed by atoms with Gasteiger partial charge in [0.25, 0.3) is 0 Å². The van der Waals surface area contributed by atoms with Crippen LogP contribution in [0.2, 0.25) is 0 Å². The zero-order valence-electron chi connectivity index (χ0n) is 22.0. The fourth-order valence-corrected chi connectivity index (χ4v) is 5.73. The summed E-state index contributed by atoms with van der Waals surface area (Å²) >= 11 is 0. The number of nitrogens with one attached hydrogen (secondary N) is 3. The number of amides is 1. The number of carbonyl (C=O) groups is 1. The van der Waals surface area contributed by atoms with Crippen LogP contribution in [0.25, 0.3) is 27.4 Å². The number of nitrogens with two attached hydrogens (primary N) is 1. The van der Waals surface area contributed by atoms with Crippen molar-refractivity contribution in [2.75, 3.05) is 26.7 Å². The second kappa shape index (κ2) is 11.0. The Labute approximate surface area is 222 Å². The highest BCUT2D eigenvalue weighted by atomic mass is 16.3. The molecule has 0 fully saturated rings. The highest BCUT2D eigenvalue weighted by molar-refractivity contribution is 5.99. The number of H-pyrrole nitrogens is 2. The van der Waals surface area contributed by atoms with E-state index in [1.54, 1.807) is 12.1 Å². The van der Waals surface area contributed by atoms with Crippen molar-refractivity contribution < 1.29 is 15.0 Å². The van der Waals surface area contributed by atoms with Gasteiger partial charge in [0.15, 0.2) is 0 Å². The van der Waals surface area contributed by atoms with Crippen LogP contribution in [0, 0.1) is 5.92 Å². The van der Waals surface area contributed by atoms with Crippen LogP contribution in [0.15, 0.2) is 54.9 Å². The number of aliphatic hydroxyl groups is 1. The van der Waals surface area contributed by atoms with Crippen molar-refractivity contribution >= 4 is 33.3 Å². The fraction of sp³-hybridized carbons (Fsp3) is 0.367. The van der Waals surface area contributed by atoms with Gasteiger partial charge in [-0.05, 0) is 79.4 Å². The number of aromatic amines is 2. The van der Waals surface area contributed by atoms with Crippen LogP contribution in [-0.2, 0) is 17.6 Å². The summed E-state index contributed by atoms with van der Waals surface area (Å²) in [6, 6.07) is 11.8. The molecule has 7 N–H and O–H groups in total. The number of phenols is 1. The highest BCUT2D eigenvalue weighted by Gasteiger charge is 2.35. The summed E-state index contributed by atoms with van der Waals surface area (Å²) in [5, 5.41) is 24.0. The molecular weight excluding hydrogens is 478 g/mol. The van der Waals surface area contributed by atoms with Crippen molar-refractivity contribution in [1.29, 1.82) is 0 Å². The second-order valence-electron chi connectivity index (χ2n) is 10.3. The first-order valence-corrected chi connectivity index (χ1v) is 13.3. The molecule has 6 rings (SSSR count). The van der Waals surface area contributed by atoms with Gasteiger partial charge in [0.05, 0.1) is 18.6 Å². The van der Waals surface area contributed by atoms with Gasteiger partial charge >= 0.3 is 0 Å². The van der Waals surface area contributed by atoms with E-state index < -0.39 is 0 Å². The normalized spacial score (nSPS) is 19.4. The minimum absolute atomic E-state index is 0.00532. The minimum atomic E-state index is -0.187. The number of fused-ring (bicyclic) bond motifs is 3. The number of rotatable bonds is 6. The second-order valence-corrected chi connectivity index (χ2v) is 10.3. The molecule has 0 unspecified atom stereocenters. The summed E-state index contributed by atoms with van der Waals surface area (Å²) in [6.45, 7) is 3.29. The Bertz CT molecular complexity index is 1470. The first kappa shape index (κ1) is 26.0. The first-order chi connectivity index (χ1) is 18.4. The molecule has 200 valence electrons. The first-order valence-electron chi connectivity index (χ1n) is 13.3. The van der Waals surface area contributed by atoms with Crippen LogP contribution in [0.1, 0.15) is 30.0 Å². The third-order valence-electron chi connectivity index (χ3n) is 7.83. The van der Waals surface area contributed by atoms with Crippen molar-refractivity contribution in [3.63, 3.8) is 0 Å². The predicted molar refractivity (Wildman–Crippen MR) is 152 cm³/mol. The minimum Gasteiger partial charge on any atom is -0.508 e. The molecular formula is C30H37N5O3. The van der Waals surface area contributed by atoms with E-state index in [9.17, 15) is 15.0 Å². The molecule has 8 nitrogen and oxygen atoms in total. The Morgan fingerprint density at radius 1 is 1.21 bits per heavy atom. The standard InChI is InChI=1S/C20H25N3O2.C10H12N2O/c1-3-14(11-24)22-20(25)13-7-16-15-5-4-6-17-19(15)12(9-21-17)8-18(16)23(2)10-13;11-4-3-7-6-12-10-2-1-8(13)5-9(7)10/h4-7,9,13-14,18,21,24H,3,8,10-11H2,1-2H3,(H,22,25);1-2,5-6,12-13H,3-4,11H2/t13-,14+,18-;/m1./s1. The maximum Gasteiger partial charge on any atom is 0.228 e. The molecule has 1 aliphatic heterocycles. The van der Waals surface area contributed by atoms with Gasteiger partial charge < -0.3 is 31.2 Å². The monoisotopic (exact) mass is 515 g/mol. The lowest BCUT2D eigenvalue weighted by Crippen LogP contribution is -2.48. The van der Waals surface area contributed by atoms with Gasteiger partial charge in [-0.25, -0.2) is 0 Å². The molecule has 0 saturated carbocycles. The quantitative estimate of drug-likeness (QED) is 0.235. The zero-order valence-corrected chi connectivity index (χ0v) is 22.0. The molecule has 0 bridgehead atoms. The molecule has 3 heterocycles. The van der Waals surface area contributed by atoms with Crippen LogP contribution in [0.3, 0.4) is 0 Å². The lowest BCUT2D eigenvalue weighted by Gasteiger charge is -2.39. The maximum atomic E-state index is 12.7. The number of phenolic OH excluding ortho intramolecular Hbond substituents is 1. The van der Waals surface area contributed by atoms with Crippen LogP contribution < -0.4 is 11.1 Å². The summed E-state index contributed by atoms with van der Waals surface area (Å²) in [4.78, 5) is 21.5. The smallest absolute Gasteiger partial charge is 0.228 e. The van der Waals surface area contributed by atoms with Gasteiger partial charge in [-0.3, -0.25) is 9.69 Å². The average molecular weight is 516 g/mol. The molecule has 1 amide bonds. The maximum absolute atomic E-state index is 12.7. The third kappa shape index (κ3) is 4.95. The van der Waals surface area contributed by atoms with E-state index in [1.807, 2.05) is 19.2 Å². The number of benzene rings is 2. The van der Waals surface area contributed by atoms with E-state index in [0.29, 0.717) is 24.9 Å². The Morgan fingerprint density at radius 2 is 2.03 bits per heavy atom. The highest BCUT2D eigenvalue weighted by Crippen LogP contribution is 2.40. The van der Waals surface area contributed by atoms with Crippen molar-refractivity contribution in [3.8, 4) is 5.75 Å². The Balaban J connectivity index is 0.000000190. The van der Waals surface area contributed by atoms with Gasteiger partial charge in [-0.2, -0.15) is 0 Å². The SMILES string of the molecule is CC[C@@H](CO)NC(=O)[C@@H]1C=C2c3cccc4[nH]cc(c34)C[C@H]2N(C)C1.NCCc1c[nH]c2ccc(O)cc12. The van der Waals surface area contributed by atoms with Gasteiger partial charge in [0.1, 0.15) is 5.75 Å². The van der Waals surface area contributed by atoms with E-state index in [1.165, 1.54) is 22.1 Å². The van der Waals surface area contributed by atoms with Crippen molar-refractivity contribution in [3.05, 3.63) is 71.6 Å². The van der Waals surface area contributed by atoms with Crippen molar-refractivity contribution in [2.24, 2.45) is 11.7 Å². The third-order valence-corrected chi connectivity index (χ3v) is 7.83. The largest absolute Gasteiger partial charge is 0.508 e. The van der Waals surface area contributed by atoms with E-state index in [0.717, 1.165) is 41.2 Å². The molecule has 2 aromatic carbocycles. The number of likely N-dealkylation sites (N-methyl/N-ethyl adjacent to an activating group) is 1. The van der Waals surface area contributed by atoms with E-state index in [2.05, 4.69) is 57.7 Å². The van der Waals surface area contributed by atoms with E-state index in [-0.39, 0.29) is 24.5 Å². The number of hydrogen-bond acceptors (Lipinski definition) is 5. The van der Waals surface area contributed by atoms with E-state index in [4.69, 9.17) is 5.73 Å². The predicted octanol–water partition coefficient (Wildman–Crippen LogP) is 3.30. The molecule has 0 radical (unpaired) electrons. The van der Waals surface area contributed by atoms with Gasteiger partial charge in [-0.1, -0.05) is 25.1 Å². The molecule has 3 atom stereocenters. The fourth-order valence-electron chi connectivity index (χ4n) is 5.73. The molecule has 8 heteroatoms. The number of aliphatic hydroxyl groups excluding tert-OH is 1. The topological polar surface area (TPSA) is 130 Å². The Hall–Kier alpha value is -3.59. The summed E-state index contributed by atoms with van der Waals surface area (Å²) in [6.07, 6.45) is 8.75. The molecule has 38 heavy (non-hydrogen) atoms. The van der Waals surface area contributed by atoms with Crippen LogP contribution in [-0.4, -0.2) is 69.8 Å². The van der Waals surface area contributed by atoms with Gasteiger partial charge in [-0.15, -0.1) is 0 Å². The molecule has 0 spiro atoms. The lowest BCUT2D eigenvalue weighted by molar-refractivity contribution is -0.125. The average Bonchev–Trinajstić information content (AvgIpc) is 3.53. The number of carbonyl (C=O) groups excluding carboxylic acids is 1.